The van der Waals surface area contributed by atoms with Crippen molar-refractivity contribution in [2.45, 2.75) is 31.9 Å². The van der Waals surface area contributed by atoms with Gasteiger partial charge in [0.05, 0.1) is 30.3 Å². The normalized spacial score (nSPS) is 19.6. The molecule has 0 fully saturated rings. The molecule has 0 saturated heterocycles. The largest absolute Gasteiger partial charge is 0.493 e. The highest BCUT2D eigenvalue weighted by molar-refractivity contribution is 9.10. The number of carbonyl (C=O) groups is 1. The van der Waals surface area contributed by atoms with Gasteiger partial charge in [-0.3, -0.25) is 0 Å². The zero-order valence-corrected chi connectivity index (χ0v) is 23.7. The van der Waals surface area contributed by atoms with Crippen LogP contribution in [0, 0.1) is 12.8 Å². The predicted molar refractivity (Wildman–Crippen MR) is 150 cm³/mol. The van der Waals surface area contributed by atoms with Crippen LogP contribution in [0.1, 0.15) is 51.0 Å². The number of anilines is 1. The molecule has 1 heterocycles. The van der Waals surface area contributed by atoms with Crippen molar-refractivity contribution < 1.29 is 19.0 Å². The number of allylic oxidation sites excluding steroid dienone is 2. The second kappa shape index (κ2) is 10.6. The third-order valence-electron chi connectivity index (χ3n) is 7.20. The first-order chi connectivity index (χ1) is 17.8. The summed E-state index contributed by atoms with van der Waals surface area (Å²) in [6.45, 7) is 2.23. The monoisotopic (exact) mass is 601 g/mol. The van der Waals surface area contributed by atoms with E-state index in [1.807, 2.05) is 31.2 Å². The number of ether oxygens (including phenoxy) is 3. The Morgan fingerprint density at radius 2 is 1.95 bits per heavy atom. The van der Waals surface area contributed by atoms with Crippen LogP contribution in [-0.2, 0) is 11.3 Å². The molecule has 0 saturated carbocycles. The number of fused-ring (bicyclic) bond motifs is 3. The third kappa shape index (κ3) is 4.83. The zero-order valence-electron chi connectivity index (χ0n) is 20.6. The van der Waals surface area contributed by atoms with Crippen LogP contribution in [0.3, 0.4) is 0 Å². The highest BCUT2D eigenvalue weighted by Crippen LogP contribution is 2.52. The molecule has 1 aliphatic heterocycles. The number of methoxy groups -OCH3 is 2. The molecular formula is C29H26BrCl2NO4. The maximum Gasteiger partial charge on any atom is 0.338 e. The van der Waals surface area contributed by atoms with Gasteiger partial charge in [0.2, 0.25) is 0 Å². The molecule has 1 N–H and O–H groups in total. The van der Waals surface area contributed by atoms with Crippen molar-refractivity contribution in [1.82, 2.24) is 0 Å². The van der Waals surface area contributed by atoms with E-state index in [1.54, 1.807) is 19.2 Å². The van der Waals surface area contributed by atoms with Crippen molar-refractivity contribution in [2.75, 3.05) is 19.5 Å². The Labute approximate surface area is 234 Å². The third-order valence-corrected chi connectivity index (χ3v) is 8.38. The van der Waals surface area contributed by atoms with Crippen LogP contribution in [0.25, 0.3) is 0 Å². The molecule has 1 aliphatic carbocycles. The van der Waals surface area contributed by atoms with Gasteiger partial charge in [-0.25, -0.2) is 4.79 Å². The lowest BCUT2D eigenvalue weighted by atomic mass is 9.76. The van der Waals surface area contributed by atoms with Crippen LogP contribution < -0.4 is 14.8 Å². The molecule has 0 amide bonds. The fraction of sp³-hybridized carbons (Fsp3) is 0.276. The van der Waals surface area contributed by atoms with Crippen molar-refractivity contribution in [3.05, 3.63) is 97.0 Å². The van der Waals surface area contributed by atoms with E-state index in [4.69, 9.17) is 37.4 Å². The second-order valence-electron chi connectivity index (χ2n) is 9.23. The molecule has 0 aromatic heterocycles. The molecule has 5 nitrogen and oxygen atoms in total. The lowest BCUT2D eigenvalue weighted by molar-refractivity contribution is 0.0600. The highest BCUT2D eigenvalue weighted by atomic mass is 79.9. The van der Waals surface area contributed by atoms with Crippen LogP contribution in [0.2, 0.25) is 10.0 Å². The van der Waals surface area contributed by atoms with Crippen LogP contribution in [0.5, 0.6) is 11.5 Å². The van der Waals surface area contributed by atoms with Gasteiger partial charge < -0.3 is 19.5 Å². The molecule has 0 spiro atoms. The topological polar surface area (TPSA) is 56.8 Å². The summed E-state index contributed by atoms with van der Waals surface area (Å²) in [5.41, 5.74) is 5.52. The van der Waals surface area contributed by atoms with Crippen molar-refractivity contribution >= 4 is 50.8 Å². The smallest absolute Gasteiger partial charge is 0.338 e. The van der Waals surface area contributed by atoms with Crippen molar-refractivity contribution in [3.63, 3.8) is 0 Å². The molecule has 8 heteroatoms. The lowest BCUT2D eigenvalue weighted by Crippen LogP contribution is -2.30. The van der Waals surface area contributed by atoms with E-state index in [9.17, 15) is 4.79 Å². The Morgan fingerprint density at radius 1 is 1.14 bits per heavy atom. The van der Waals surface area contributed by atoms with E-state index in [0.717, 1.165) is 33.3 Å². The van der Waals surface area contributed by atoms with E-state index in [0.29, 0.717) is 33.0 Å². The molecule has 5 rings (SSSR count). The van der Waals surface area contributed by atoms with Gasteiger partial charge in [0.15, 0.2) is 11.5 Å². The zero-order chi connectivity index (χ0) is 26.3. The summed E-state index contributed by atoms with van der Waals surface area (Å²) in [4.78, 5) is 12.4. The van der Waals surface area contributed by atoms with Gasteiger partial charge in [0.1, 0.15) is 6.61 Å². The second-order valence-corrected chi connectivity index (χ2v) is 10.9. The number of hydrogen-bond donors (Lipinski definition) is 1. The van der Waals surface area contributed by atoms with Gasteiger partial charge in [0, 0.05) is 27.2 Å². The molecule has 2 aliphatic rings. The van der Waals surface area contributed by atoms with Crippen molar-refractivity contribution in [3.8, 4) is 11.5 Å². The maximum atomic E-state index is 12.4. The maximum absolute atomic E-state index is 12.4. The first-order valence-electron chi connectivity index (χ1n) is 11.9. The summed E-state index contributed by atoms with van der Waals surface area (Å²) in [7, 11) is 3.03. The Balaban J connectivity index is 1.49. The lowest BCUT2D eigenvalue weighted by Gasteiger charge is -2.39. The molecule has 0 radical (unpaired) electrons. The number of benzene rings is 3. The number of rotatable bonds is 6. The molecule has 37 heavy (non-hydrogen) atoms. The van der Waals surface area contributed by atoms with Crippen molar-refractivity contribution in [2.24, 2.45) is 5.92 Å². The quantitative estimate of drug-likeness (QED) is 0.227. The number of hydrogen-bond acceptors (Lipinski definition) is 5. The summed E-state index contributed by atoms with van der Waals surface area (Å²) >= 11 is 16.1. The molecule has 0 unspecified atom stereocenters. The average Bonchev–Trinajstić information content (AvgIpc) is 3.38. The number of carbonyl (C=O) groups excluding carboxylic acids is 1. The van der Waals surface area contributed by atoms with Crippen LogP contribution >= 0.6 is 39.1 Å². The summed E-state index contributed by atoms with van der Waals surface area (Å²) < 4.78 is 17.7. The van der Waals surface area contributed by atoms with Gasteiger partial charge >= 0.3 is 5.97 Å². The molecular weight excluding hydrogens is 577 g/mol. The SMILES string of the molecule is COC(=O)c1ccc2c(c1C)N[C@H](c1cc(Br)c(OCc3ccc(Cl)cc3Cl)c(OC)c1)[C@H]1CC=C[C@@H]21. The molecule has 0 bridgehead atoms. The van der Waals surface area contributed by atoms with Gasteiger partial charge in [-0.2, -0.15) is 0 Å². The van der Waals surface area contributed by atoms with E-state index in [-0.39, 0.29) is 24.5 Å². The molecule has 3 atom stereocenters. The Bertz CT molecular complexity index is 1410. The van der Waals surface area contributed by atoms with Crippen LogP contribution in [-0.4, -0.2) is 20.2 Å². The standard InChI is InChI=1S/C29H26BrCl2NO4/c1-15-19(29(34)36-3)9-10-22-20-5-4-6-21(20)27(33-26(15)22)17-11-23(30)28(25(12-17)35-2)37-14-16-7-8-18(31)13-24(16)32/h4-5,7-13,20-21,27,33H,6,14H2,1-3H3/t20-,21+,27-/m1/s1. The van der Waals surface area contributed by atoms with Crippen molar-refractivity contribution in [1.29, 1.82) is 0 Å². The highest BCUT2D eigenvalue weighted by Gasteiger charge is 2.39. The number of esters is 1. The van der Waals surface area contributed by atoms with E-state index in [2.05, 4.69) is 39.5 Å². The fourth-order valence-electron chi connectivity index (χ4n) is 5.32. The van der Waals surface area contributed by atoms with Crippen LogP contribution in [0.15, 0.2) is 59.1 Å². The van der Waals surface area contributed by atoms with Gasteiger partial charge in [0.25, 0.3) is 0 Å². The fourth-order valence-corrected chi connectivity index (χ4v) is 6.36. The Kier molecular flexibility index (Phi) is 7.44. The van der Waals surface area contributed by atoms with E-state index in [1.165, 1.54) is 12.7 Å². The predicted octanol–water partition coefficient (Wildman–Crippen LogP) is 8.27. The van der Waals surface area contributed by atoms with Crippen LogP contribution in [0.4, 0.5) is 5.69 Å². The average molecular weight is 603 g/mol. The van der Waals surface area contributed by atoms with Gasteiger partial charge in [-0.15, -0.1) is 0 Å². The minimum atomic E-state index is -0.338. The summed E-state index contributed by atoms with van der Waals surface area (Å²) in [6, 6.07) is 13.3. The summed E-state index contributed by atoms with van der Waals surface area (Å²) in [6.07, 6.45) is 5.46. The van der Waals surface area contributed by atoms with E-state index >= 15 is 0 Å². The number of nitrogens with one attached hydrogen (secondary N) is 1. The number of halogens is 3. The molecule has 3 aromatic carbocycles. The first-order valence-corrected chi connectivity index (χ1v) is 13.5. The Morgan fingerprint density at radius 3 is 2.68 bits per heavy atom. The Hall–Kier alpha value is -2.67. The summed E-state index contributed by atoms with van der Waals surface area (Å²) in [5, 5.41) is 4.87. The minimum Gasteiger partial charge on any atom is -0.493 e. The molecule has 192 valence electrons. The van der Waals surface area contributed by atoms with Gasteiger partial charge in [-0.05, 0) is 82.2 Å². The summed E-state index contributed by atoms with van der Waals surface area (Å²) in [5.74, 6) is 1.45. The molecule has 3 aromatic rings. The van der Waals surface area contributed by atoms with E-state index < -0.39 is 0 Å². The minimum absolute atomic E-state index is 0.00376. The first kappa shape index (κ1) is 26.0. The van der Waals surface area contributed by atoms with Gasteiger partial charge in [-0.1, -0.05) is 47.5 Å².